The fraction of sp³-hybridized carbons (Fsp3) is 0.292. The van der Waals surface area contributed by atoms with Crippen LogP contribution in [-0.4, -0.2) is 35.1 Å². The minimum Gasteiger partial charge on any atom is -0.450 e. The molecule has 2 atom stereocenters. The first-order valence-corrected chi connectivity index (χ1v) is 10.1. The molecule has 2 amide bonds. The van der Waals surface area contributed by atoms with Gasteiger partial charge >= 0.3 is 0 Å². The van der Waals surface area contributed by atoms with Gasteiger partial charge in [0.25, 0.3) is 11.8 Å². The van der Waals surface area contributed by atoms with Crippen LogP contribution in [0.15, 0.2) is 63.8 Å². The van der Waals surface area contributed by atoms with Crippen molar-refractivity contribution < 1.29 is 19.1 Å². The van der Waals surface area contributed by atoms with Gasteiger partial charge in [-0.2, -0.15) is 0 Å². The van der Waals surface area contributed by atoms with Gasteiger partial charge in [-0.25, -0.2) is 0 Å². The van der Waals surface area contributed by atoms with Gasteiger partial charge in [0, 0.05) is 11.6 Å². The Balaban J connectivity index is 1.92. The largest absolute Gasteiger partial charge is 0.450 e. The highest BCUT2D eigenvalue weighted by Crippen LogP contribution is 2.16. The number of fused-ring (bicyclic) bond motifs is 1. The van der Waals surface area contributed by atoms with Gasteiger partial charge in [0.05, 0.1) is 11.4 Å². The van der Waals surface area contributed by atoms with Gasteiger partial charge in [0.1, 0.15) is 5.58 Å². The quantitative estimate of drug-likeness (QED) is 0.542. The van der Waals surface area contributed by atoms with E-state index < -0.39 is 24.0 Å². The summed E-state index contributed by atoms with van der Waals surface area (Å²) in [6.45, 7) is 5.08. The number of nitrogens with one attached hydrogen (secondary N) is 2. The van der Waals surface area contributed by atoms with Crippen molar-refractivity contribution in [2.45, 2.75) is 45.4 Å². The summed E-state index contributed by atoms with van der Waals surface area (Å²) < 4.78 is 5.70. The van der Waals surface area contributed by atoms with Crippen molar-refractivity contribution in [2.24, 2.45) is 0 Å². The van der Waals surface area contributed by atoms with Crippen molar-refractivity contribution in [3.8, 4) is 0 Å². The number of para-hydroxylation sites is 1. The van der Waals surface area contributed by atoms with Gasteiger partial charge in [-0.3, -0.25) is 14.4 Å². The van der Waals surface area contributed by atoms with Gasteiger partial charge in [-0.1, -0.05) is 42.5 Å². The zero-order chi connectivity index (χ0) is 22.5. The lowest BCUT2D eigenvalue weighted by Crippen LogP contribution is -2.52. The predicted molar refractivity (Wildman–Crippen MR) is 118 cm³/mol. The van der Waals surface area contributed by atoms with Gasteiger partial charge < -0.3 is 20.2 Å². The van der Waals surface area contributed by atoms with Crippen LogP contribution in [0, 0.1) is 6.92 Å². The van der Waals surface area contributed by atoms with E-state index in [9.17, 15) is 19.5 Å². The highest BCUT2D eigenvalue weighted by molar-refractivity contribution is 5.95. The maximum absolute atomic E-state index is 13.0. The van der Waals surface area contributed by atoms with E-state index in [2.05, 4.69) is 10.6 Å². The normalized spacial score (nSPS) is 13.1. The maximum Gasteiger partial charge on any atom is 0.287 e. The van der Waals surface area contributed by atoms with Crippen molar-refractivity contribution in [1.82, 2.24) is 10.6 Å². The molecule has 0 fully saturated rings. The first-order valence-electron chi connectivity index (χ1n) is 10.1. The lowest BCUT2D eigenvalue weighted by Gasteiger charge is -2.24. The lowest BCUT2D eigenvalue weighted by molar-refractivity contribution is -0.131. The molecular formula is C24H26N2O5. The summed E-state index contributed by atoms with van der Waals surface area (Å²) >= 11 is 0. The summed E-state index contributed by atoms with van der Waals surface area (Å²) in [7, 11) is 0. The van der Waals surface area contributed by atoms with Crippen LogP contribution in [0.3, 0.4) is 0 Å². The monoisotopic (exact) mass is 422 g/mol. The molecule has 3 aromatic rings. The number of rotatable bonds is 7. The molecule has 1 aromatic heterocycles. The van der Waals surface area contributed by atoms with Crippen LogP contribution >= 0.6 is 0 Å². The number of carbonyl (C=O) groups excluding carboxylic acids is 2. The molecule has 3 N–H and O–H groups in total. The molecule has 7 heteroatoms. The summed E-state index contributed by atoms with van der Waals surface area (Å²) in [6, 6.07) is 14.8. The Morgan fingerprint density at radius 3 is 2.32 bits per heavy atom. The molecule has 31 heavy (non-hydrogen) atoms. The van der Waals surface area contributed by atoms with Crippen LogP contribution in [0.4, 0.5) is 0 Å². The van der Waals surface area contributed by atoms with E-state index in [1.54, 1.807) is 38.1 Å². The number of benzene rings is 2. The van der Waals surface area contributed by atoms with Crippen LogP contribution in [0.5, 0.6) is 0 Å². The Labute approximate surface area is 180 Å². The molecule has 0 bridgehead atoms. The third kappa shape index (κ3) is 5.19. The Kier molecular flexibility index (Phi) is 6.87. The fourth-order valence-electron chi connectivity index (χ4n) is 3.35. The highest BCUT2D eigenvalue weighted by Gasteiger charge is 2.30. The zero-order valence-corrected chi connectivity index (χ0v) is 17.7. The fourth-order valence-corrected chi connectivity index (χ4v) is 3.35. The average molecular weight is 422 g/mol. The summed E-state index contributed by atoms with van der Waals surface area (Å²) in [5, 5.41) is 16.4. The van der Waals surface area contributed by atoms with E-state index in [0.717, 1.165) is 5.56 Å². The molecule has 7 nitrogen and oxygen atoms in total. The van der Waals surface area contributed by atoms with E-state index in [-0.39, 0.29) is 29.2 Å². The Bertz CT molecular complexity index is 1140. The molecule has 0 aliphatic heterocycles. The SMILES string of the molecule is Cc1c(C(=O)N[C@@H](Cc2ccccc2)[C@@H](O)C(=O)NC(C)C)oc2ccccc2c1=O. The smallest absolute Gasteiger partial charge is 0.287 e. The molecule has 162 valence electrons. The second kappa shape index (κ2) is 9.57. The molecule has 0 unspecified atom stereocenters. The van der Waals surface area contributed by atoms with Crippen molar-refractivity contribution in [3.05, 3.63) is 81.7 Å². The molecular weight excluding hydrogens is 396 g/mol. The zero-order valence-electron chi connectivity index (χ0n) is 17.7. The van der Waals surface area contributed by atoms with Crippen LogP contribution in [0.25, 0.3) is 11.0 Å². The molecule has 2 aromatic carbocycles. The minimum atomic E-state index is -1.49. The van der Waals surface area contributed by atoms with Crippen molar-refractivity contribution in [3.63, 3.8) is 0 Å². The molecule has 0 radical (unpaired) electrons. The van der Waals surface area contributed by atoms with Crippen molar-refractivity contribution >= 4 is 22.8 Å². The standard InChI is InChI=1S/C24H26N2O5/c1-14(2)25-23(29)21(28)18(13-16-9-5-4-6-10-16)26-24(30)22-15(3)20(27)17-11-7-8-12-19(17)31-22/h4-12,14,18,21,28H,13H2,1-3H3,(H,25,29)(H,26,30)/t18-,21+/m0/s1. The molecule has 0 aliphatic rings. The van der Waals surface area contributed by atoms with Gasteiger partial charge in [-0.15, -0.1) is 0 Å². The highest BCUT2D eigenvalue weighted by atomic mass is 16.3. The second-order valence-electron chi connectivity index (χ2n) is 7.76. The van der Waals surface area contributed by atoms with E-state index in [1.807, 2.05) is 30.3 Å². The molecule has 0 saturated heterocycles. The Hall–Kier alpha value is -3.45. The average Bonchev–Trinajstić information content (AvgIpc) is 2.75. The molecule has 0 spiro atoms. The second-order valence-corrected chi connectivity index (χ2v) is 7.76. The molecule has 0 saturated carbocycles. The number of carbonyl (C=O) groups is 2. The van der Waals surface area contributed by atoms with Crippen molar-refractivity contribution in [2.75, 3.05) is 0 Å². The van der Waals surface area contributed by atoms with Crippen molar-refractivity contribution in [1.29, 1.82) is 0 Å². The van der Waals surface area contributed by atoms with Crippen LogP contribution in [-0.2, 0) is 11.2 Å². The number of hydrogen-bond acceptors (Lipinski definition) is 5. The number of hydrogen-bond donors (Lipinski definition) is 3. The van der Waals surface area contributed by atoms with Gasteiger partial charge in [0.15, 0.2) is 17.3 Å². The minimum absolute atomic E-state index is 0.141. The first kappa shape index (κ1) is 22.2. The molecule has 3 rings (SSSR count). The van der Waals surface area contributed by atoms with Gasteiger partial charge in [0.2, 0.25) is 0 Å². The van der Waals surface area contributed by atoms with Crippen LogP contribution in [0.2, 0.25) is 0 Å². The number of aliphatic hydroxyl groups is 1. The van der Waals surface area contributed by atoms with Gasteiger partial charge in [-0.05, 0) is 44.9 Å². The van der Waals surface area contributed by atoms with Crippen LogP contribution in [0.1, 0.15) is 35.5 Å². The van der Waals surface area contributed by atoms with Crippen LogP contribution < -0.4 is 16.1 Å². The molecule has 0 aliphatic carbocycles. The van der Waals surface area contributed by atoms with E-state index in [4.69, 9.17) is 4.42 Å². The topological polar surface area (TPSA) is 109 Å². The first-order chi connectivity index (χ1) is 14.8. The summed E-state index contributed by atoms with van der Waals surface area (Å²) in [5.74, 6) is -1.40. The predicted octanol–water partition coefficient (Wildman–Crippen LogP) is 2.33. The summed E-state index contributed by atoms with van der Waals surface area (Å²) in [5.41, 5.74) is 0.988. The number of aliphatic hydroxyl groups excluding tert-OH is 1. The summed E-state index contributed by atoms with van der Waals surface area (Å²) in [4.78, 5) is 38.1. The van der Waals surface area contributed by atoms with E-state index in [1.165, 1.54) is 6.92 Å². The number of amides is 2. The third-order valence-electron chi connectivity index (χ3n) is 4.93. The lowest BCUT2D eigenvalue weighted by atomic mass is 10.00. The maximum atomic E-state index is 13.0. The molecule has 1 heterocycles. The Morgan fingerprint density at radius 2 is 1.65 bits per heavy atom. The summed E-state index contributed by atoms with van der Waals surface area (Å²) in [6.07, 6.45) is -1.27. The third-order valence-corrected chi connectivity index (χ3v) is 4.93. The Morgan fingerprint density at radius 1 is 1.00 bits per heavy atom. The van der Waals surface area contributed by atoms with E-state index in [0.29, 0.717) is 11.0 Å². The van der Waals surface area contributed by atoms with E-state index >= 15 is 0 Å².